The molecule has 0 atom stereocenters. The molecule has 1 aromatic heterocycles. The molecule has 0 aliphatic carbocycles. The van der Waals surface area contributed by atoms with E-state index in [1.807, 2.05) is 0 Å². The maximum atomic E-state index is 13.6. The van der Waals surface area contributed by atoms with Crippen LogP contribution in [-0.4, -0.2) is 18.4 Å². The summed E-state index contributed by atoms with van der Waals surface area (Å²) in [6.07, 6.45) is 1.49. The Kier molecular flexibility index (Phi) is 3.32. The third kappa shape index (κ3) is 2.34. The maximum Gasteiger partial charge on any atom is 0.213 e. The predicted octanol–water partition coefficient (Wildman–Crippen LogP) is 2.85. The molecule has 0 unspecified atom stereocenters. The van der Waals surface area contributed by atoms with Crippen LogP contribution in [0.1, 0.15) is 10.4 Å². The zero-order chi connectivity index (χ0) is 13.1. The van der Waals surface area contributed by atoms with Crippen molar-refractivity contribution in [2.24, 2.45) is 0 Å². The minimum absolute atomic E-state index is 0.129. The van der Waals surface area contributed by atoms with E-state index in [1.54, 1.807) is 0 Å². The van der Waals surface area contributed by atoms with Crippen LogP contribution in [0.25, 0.3) is 11.1 Å². The number of halogens is 2. The van der Waals surface area contributed by atoms with Crippen LogP contribution < -0.4 is 4.74 Å². The van der Waals surface area contributed by atoms with Crippen LogP contribution >= 0.6 is 0 Å². The first-order chi connectivity index (χ1) is 8.63. The van der Waals surface area contributed by atoms with Crippen LogP contribution in [0.4, 0.5) is 8.78 Å². The van der Waals surface area contributed by atoms with E-state index in [0.29, 0.717) is 6.29 Å². The Bertz CT molecular complexity index is 600. The molecule has 0 bridgehead atoms. The van der Waals surface area contributed by atoms with Gasteiger partial charge < -0.3 is 4.74 Å². The molecule has 0 saturated carbocycles. The molecule has 2 aromatic rings. The number of aldehydes is 1. The van der Waals surface area contributed by atoms with Crippen molar-refractivity contribution in [3.63, 3.8) is 0 Å². The van der Waals surface area contributed by atoms with Crippen LogP contribution in [0.15, 0.2) is 30.5 Å². The van der Waals surface area contributed by atoms with Crippen molar-refractivity contribution >= 4 is 6.29 Å². The number of nitrogens with zero attached hydrogens (tertiary/aromatic N) is 1. The first-order valence-corrected chi connectivity index (χ1v) is 5.09. The van der Waals surface area contributed by atoms with Crippen molar-refractivity contribution in [3.8, 4) is 17.0 Å². The molecule has 2 rings (SSSR count). The lowest BCUT2D eigenvalue weighted by atomic mass is 10.0. The van der Waals surface area contributed by atoms with Gasteiger partial charge in [0.15, 0.2) is 0 Å². The quantitative estimate of drug-likeness (QED) is 0.785. The van der Waals surface area contributed by atoms with Crippen molar-refractivity contribution in [1.82, 2.24) is 4.98 Å². The second-order valence-corrected chi connectivity index (χ2v) is 3.60. The SMILES string of the molecule is COc1cc(-c2cc(F)cc(C=O)c2)c(F)cn1. The average molecular weight is 249 g/mol. The van der Waals surface area contributed by atoms with Gasteiger partial charge in [0.1, 0.15) is 17.9 Å². The van der Waals surface area contributed by atoms with Gasteiger partial charge in [-0.3, -0.25) is 4.79 Å². The van der Waals surface area contributed by atoms with Crippen LogP contribution in [0, 0.1) is 11.6 Å². The smallest absolute Gasteiger partial charge is 0.213 e. The van der Waals surface area contributed by atoms with Gasteiger partial charge in [-0.05, 0) is 23.8 Å². The van der Waals surface area contributed by atoms with E-state index in [2.05, 4.69) is 4.98 Å². The zero-order valence-electron chi connectivity index (χ0n) is 9.48. The first kappa shape index (κ1) is 12.2. The number of pyridine rings is 1. The van der Waals surface area contributed by atoms with Gasteiger partial charge in [-0.1, -0.05) is 0 Å². The number of hydrogen-bond acceptors (Lipinski definition) is 3. The number of aromatic nitrogens is 1. The highest BCUT2D eigenvalue weighted by Gasteiger charge is 2.10. The van der Waals surface area contributed by atoms with E-state index in [0.717, 1.165) is 18.3 Å². The molecule has 92 valence electrons. The highest BCUT2D eigenvalue weighted by molar-refractivity contribution is 5.79. The van der Waals surface area contributed by atoms with Crippen molar-refractivity contribution in [2.45, 2.75) is 0 Å². The van der Waals surface area contributed by atoms with Gasteiger partial charge in [0.25, 0.3) is 0 Å². The lowest BCUT2D eigenvalue weighted by Gasteiger charge is -2.06. The number of ether oxygens (including phenoxy) is 1. The monoisotopic (exact) mass is 249 g/mol. The summed E-state index contributed by atoms with van der Waals surface area (Å²) in [5.74, 6) is -1.01. The molecule has 0 radical (unpaired) electrons. The highest BCUT2D eigenvalue weighted by Crippen LogP contribution is 2.26. The fourth-order valence-electron chi connectivity index (χ4n) is 1.59. The summed E-state index contributed by atoms with van der Waals surface area (Å²) < 4.78 is 31.8. The largest absolute Gasteiger partial charge is 0.481 e. The molecule has 0 spiro atoms. The lowest BCUT2D eigenvalue weighted by Crippen LogP contribution is -1.93. The number of methoxy groups -OCH3 is 1. The maximum absolute atomic E-state index is 13.6. The standard InChI is InChI=1S/C13H9F2NO2/c1-18-13-5-11(12(15)6-16-13)9-2-8(7-17)3-10(14)4-9/h2-7H,1H3. The van der Waals surface area contributed by atoms with E-state index >= 15 is 0 Å². The van der Waals surface area contributed by atoms with Gasteiger partial charge >= 0.3 is 0 Å². The Morgan fingerprint density at radius 3 is 2.67 bits per heavy atom. The van der Waals surface area contributed by atoms with Gasteiger partial charge in [-0.25, -0.2) is 13.8 Å². The van der Waals surface area contributed by atoms with E-state index in [1.165, 1.54) is 19.2 Å². The topological polar surface area (TPSA) is 39.2 Å². The summed E-state index contributed by atoms with van der Waals surface area (Å²) in [6.45, 7) is 0. The first-order valence-electron chi connectivity index (χ1n) is 5.09. The number of benzene rings is 1. The normalized spacial score (nSPS) is 10.2. The fraction of sp³-hybridized carbons (Fsp3) is 0.0769. The van der Waals surface area contributed by atoms with E-state index in [4.69, 9.17) is 4.74 Å². The molecule has 0 fully saturated rings. The Balaban J connectivity index is 2.60. The second-order valence-electron chi connectivity index (χ2n) is 3.60. The molecule has 1 aromatic carbocycles. The predicted molar refractivity (Wildman–Crippen MR) is 61.5 cm³/mol. The van der Waals surface area contributed by atoms with Crippen molar-refractivity contribution in [3.05, 3.63) is 47.7 Å². The molecule has 0 saturated heterocycles. The Hall–Kier alpha value is -2.30. The Morgan fingerprint density at radius 1 is 1.22 bits per heavy atom. The Labute approximate surface area is 102 Å². The van der Waals surface area contributed by atoms with Gasteiger partial charge in [0, 0.05) is 17.2 Å². The van der Waals surface area contributed by atoms with E-state index in [-0.39, 0.29) is 22.6 Å². The summed E-state index contributed by atoms with van der Waals surface area (Å²) >= 11 is 0. The van der Waals surface area contributed by atoms with Gasteiger partial charge in [0.2, 0.25) is 5.88 Å². The Morgan fingerprint density at radius 2 is 2.00 bits per heavy atom. The van der Waals surface area contributed by atoms with Gasteiger partial charge in [0.05, 0.1) is 13.3 Å². The summed E-state index contributed by atoms with van der Waals surface area (Å²) in [7, 11) is 1.40. The molecule has 0 amide bonds. The van der Waals surface area contributed by atoms with Crippen LogP contribution in [0.3, 0.4) is 0 Å². The number of carbonyl (C=O) groups is 1. The molecule has 18 heavy (non-hydrogen) atoms. The molecule has 0 aliphatic rings. The molecular weight excluding hydrogens is 240 g/mol. The van der Waals surface area contributed by atoms with Crippen LogP contribution in [0.5, 0.6) is 5.88 Å². The molecule has 0 aliphatic heterocycles. The fourth-order valence-corrected chi connectivity index (χ4v) is 1.59. The minimum atomic E-state index is -0.613. The molecule has 5 heteroatoms. The van der Waals surface area contributed by atoms with E-state index < -0.39 is 11.6 Å². The zero-order valence-corrected chi connectivity index (χ0v) is 9.48. The van der Waals surface area contributed by atoms with Crippen molar-refractivity contribution in [2.75, 3.05) is 7.11 Å². The molecule has 0 N–H and O–H groups in total. The third-order valence-electron chi connectivity index (χ3n) is 2.41. The summed E-state index contributed by atoms with van der Waals surface area (Å²) in [4.78, 5) is 14.3. The lowest BCUT2D eigenvalue weighted by molar-refractivity contribution is 0.112. The summed E-state index contributed by atoms with van der Waals surface area (Å²) in [5.41, 5.74) is 0.528. The average Bonchev–Trinajstić information content (AvgIpc) is 2.38. The van der Waals surface area contributed by atoms with Crippen molar-refractivity contribution in [1.29, 1.82) is 0 Å². The number of carbonyl (C=O) groups excluding carboxylic acids is 1. The third-order valence-corrected chi connectivity index (χ3v) is 2.41. The summed E-state index contributed by atoms with van der Waals surface area (Å²) in [5, 5.41) is 0. The molecule has 1 heterocycles. The summed E-state index contributed by atoms with van der Waals surface area (Å²) in [6, 6.07) is 4.96. The van der Waals surface area contributed by atoms with Crippen LogP contribution in [0.2, 0.25) is 0 Å². The van der Waals surface area contributed by atoms with Gasteiger partial charge in [-0.2, -0.15) is 0 Å². The second kappa shape index (κ2) is 4.91. The number of rotatable bonds is 3. The minimum Gasteiger partial charge on any atom is -0.481 e. The van der Waals surface area contributed by atoms with Crippen LogP contribution in [-0.2, 0) is 0 Å². The van der Waals surface area contributed by atoms with Gasteiger partial charge in [-0.15, -0.1) is 0 Å². The molecular formula is C13H9F2NO2. The van der Waals surface area contributed by atoms with Crippen molar-refractivity contribution < 1.29 is 18.3 Å². The highest BCUT2D eigenvalue weighted by atomic mass is 19.1. The number of hydrogen-bond donors (Lipinski definition) is 0. The van der Waals surface area contributed by atoms with E-state index in [9.17, 15) is 13.6 Å². The molecule has 3 nitrogen and oxygen atoms in total.